The normalized spacial score (nSPS) is 14.9. The molecule has 2 N–H and O–H groups in total. The lowest BCUT2D eigenvalue weighted by Crippen LogP contribution is -2.43. The van der Waals surface area contributed by atoms with Crippen molar-refractivity contribution in [3.63, 3.8) is 0 Å². The number of rotatable bonds is 13. The molecule has 1 aromatic heterocycles. The summed E-state index contributed by atoms with van der Waals surface area (Å²) in [7, 11) is 0. The van der Waals surface area contributed by atoms with Crippen LogP contribution in [0.2, 0.25) is 0 Å². The standard InChI is InChI=1S/C34H39N5O4S/c35-38(19-20-42-21-22-43-28-14-13-25-7-4-5-8-26(25)23-28)18-16-32(40)37-17-15-31-30(24-37)33(41)39(27-9-2-1-3-10-27)34(36-31)44-29-11-6-12-29/h1-5,7-10,13-14,23,29H,6,11-12,15-22,24,35H2. The van der Waals surface area contributed by atoms with Crippen LogP contribution in [0.3, 0.4) is 0 Å². The Labute approximate surface area is 261 Å². The molecule has 0 unspecified atom stereocenters. The molecule has 3 aromatic carbocycles. The van der Waals surface area contributed by atoms with E-state index in [2.05, 4.69) is 12.1 Å². The predicted molar refractivity (Wildman–Crippen MR) is 173 cm³/mol. The molecule has 1 saturated carbocycles. The van der Waals surface area contributed by atoms with Gasteiger partial charge in [0.15, 0.2) is 5.16 Å². The van der Waals surface area contributed by atoms with E-state index in [4.69, 9.17) is 20.3 Å². The first kappa shape index (κ1) is 30.3. The molecular weight excluding hydrogens is 574 g/mol. The molecule has 0 radical (unpaired) electrons. The number of carbonyl (C=O) groups excluding carboxylic acids is 1. The van der Waals surface area contributed by atoms with Gasteiger partial charge in [-0.2, -0.15) is 0 Å². The van der Waals surface area contributed by atoms with Crippen molar-refractivity contribution in [2.75, 3.05) is 39.5 Å². The van der Waals surface area contributed by atoms with Crippen LogP contribution in [0.1, 0.15) is 36.9 Å². The lowest BCUT2D eigenvalue weighted by atomic mass is 10.0. The van der Waals surface area contributed by atoms with Crippen molar-refractivity contribution in [1.82, 2.24) is 19.5 Å². The first-order valence-corrected chi connectivity index (χ1v) is 16.3. The molecule has 1 amide bonds. The Bertz CT molecular complexity index is 1640. The summed E-state index contributed by atoms with van der Waals surface area (Å²) in [5.74, 6) is 6.95. The average Bonchev–Trinajstić information content (AvgIpc) is 3.03. The zero-order valence-electron chi connectivity index (χ0n) is 24.9. The third-order valence-electron chi connectivity index (χ3n) is 8.24. The van der Waals surface area contributed by atoms with Crippen molar-refractivity contribution in [2.45, 2.75) is 49.1 Å². The number of benzene rings is 3. The van der Waals surface area contributed by atoms with E-state index in [0.717, 1.165) is 40.5 Å². The summed E-state index contributed by atoms with van der Waals surface area (Å²) in [5, 5.41) is 5.18. The Morgan fingerprint density at radius 3 is 2.57 bits per heavy atom. The van der Waals surface area contributed by atoms with Crippen molar-refractivity contribution < 1.29 is 14.3 Å². The van der Waals surface area contributed by atoms with Gasteiger partial charge in [-0.25, -0.2) is 9.99 Å². The number of nitrogens with zero attached hydrogens (tertiary/aromatic N) is 4. The zero-order chi connectivity index (χ0) is 30.3. The number of para-hydroxylation sites is 1. The fourth-order valence-corrected chi connectivity index (χ4v) is 6.78. The molecule has 4 aromatic rings. The Balaban J connectivity index is 0.963. The van der Waals surface area contributed by atoms with Gasteiger partial charge in [-0.3, -0.25) is 20.0 Å². The number of hydrogen-bond donors (Lipinski definition) is 1. The topological polar surface area (TPSA) is 103 Å². The first-order valence-electron chi connectivity index (χ1n) is 15.4. The molecule has 1 aliphatic carbocycles. The Morgan fingerprint density at radius 2 is 1.77 bits per heavy atom. The van der Waals surface area contributed by atoms with E-state index >= 15 is 0 Å². The number of hydrazine groups is 1. The van der Waals surface area contributed by atoms with Gasteiger partial charge in [-0.05, 0) is 47.9 Å². The minimum atomic E-state index is -0.0808. The smallest absolute Gasteiger partial charge is 0.264 e. The van der Waals surface area contributed by atoms with Gasteiger partial charge in [0.25, 0.3) is 5.56 Å². The van der Waals surface area contributed by atoms with Crippen LogP contribution in [-0.2, 0) is 22.5 Å². The third-order valence-corrected chi connectivity index (χ3v) is 9.53. The van der Waals surface area contributed by atoms with Gasteiger partial charge in [-0.15, -0.1) is 0 Å². The highest BCUT2D eigenvalue weighted by atomic mass is 32.2. The minimum absolute atomic E-state index is 0.0191. The van der Waals surface area contributed by atoms with Crippen LogP contribution >= 0.6 is 11.8 Å². The maximum Gasteiger partial charge on any atom is 0.264 e. The second kappa shape index (κ2) is 14.4. The van der Waals surface area contributed by atoms with Crippen molar-refractivity contribution in [1.29, 1.82) is 0 Å². The second-order valence-electron chi connectivity index (χ2n) is 11.3. The molecule has 0 saturated heterocycles. The molecule has 44 heavy (non-hydrogen) atoms. The molecule has 1 aliphatic heterocycles. The van der Waals surface area contributed by atoms with E-state index in [9.17, 15) is 9.59 Å². The average molecular weight is 614 g/mol. The van der Waals surface area contributed by atoms with Gasteiger partial charge in [0, 0.05) is 37.7 Å². The van der Waals surface area contributed by atoms with Crippen LogP contribution in [0, 0.1) is 0 Å². The van der Waals surface area contributed by atoms with Gasteiger partial charge >= 0.3 is 0 Å². The maximum absolute atomic E-state index is 13.8. The highest BCUT2D eigenvalue weighted by Crippen LogP contribution is 2.36. The molecule has 0 atom stereocenters. The first-order chi connectivity index (χ1) is 21.5. The lowest BCUT2D eigenvalue weighted by Gasteiger charge is -2.30. The van der Waals surface area contributed by atoms with Crippen LogP contribution in [0.4, 0.5) is 0 Å². The van der Waals surface area contributed by atoms with E-state index in [1.807, 2.05) is 60.7 Å². The second-order valence-corrected chi connectivity index (χ2v) is 12.6. The summed E-state index contributed by atoms with van der Waals surface area (Å²) in [6.07, 6.45) is 4.38. The van der Waals surface area contributed by atoms with Crippen LogP contribution < -0.4 is 16.1 Å². The highest BCUT2D eigenvalue weighted by molar-refractivity contribution is 7.99. The molecule has 2 heterocycles. The number of carbonyl (C=O) groups is 1. The molecule has 230 valence electrons. The molecular formula is C34H39N5O4S. The Morgan fingerprint density at radius 1 is 0.977 bits per heavy atom. The summed E-state index contributed by atoms with van der Waals surface area (Å²) >= 11 is 1.70. The van der Waals surface area contributed by atoms with Gasteiger partial charge in [-0.1, -0.05) is 66.7 Å². The van der Waals surface area contributed by atoms with E-state index in [0.29, 0.717) is 56.7 Å². The lowest BCUT2D eigenvalue weighted by molar-refractivity contribution is -0.132. The van der Waals surface area contributed by atoms with Crippen molar-refractivity contribution >= 4 is 28.4 Å². The number of thioether (sulfide) groups is 1. The van der Waals surface area contributed by atoms with Crippen LogP contribution in [0.25, 0.3) is 16.5 Å². The number of amides is 1. The minimum Gasteiger partial charge on any atom is -0.491 e. The molecule has 10 heteroatoms. The van der Waals surface area contributed by atoms with Gasteiger partial charge < -0.3 is 14.4 Å². The SMILES string of the molecule is NN(CCOCCOc1ccc2ccccc2c1)CCC(=O)N1CCc2nc(SC3CCC3)n(-c3ccccc3)c(=O)c2C1. The molecule has 0 bridgehead atoms. The Kier molecular flexibility index (Phi) is 9.92. The molecule has 1 fully saturated rings. The van der Waals surface area contributed by atoms with Crippen LogP contribution in [0.5, 0.6) is 5.75 Å². The quantitative estimate of drug-likeness (QED) is 0.101. The van der Waals surface area contributed by atoms with Gasteiger partial charge in [0.1, 0.15) is 12.4 Å². The molecule has 9 nitrogen and oxygen atoms in total. The summed E-state index contributed by atoms with van der Waals surface area (Å²) < 4.78 is 13.2. The Hall–Kier alpha value is -3.70. The van der Waals surface area contributed by atoms with Gasteiger partial charge in [0.2, 0.25) is 5.91 Å². The summed E-state index contributed by atoms with van der Waals surface area (Å²) in [6.45, 7) is 3.05. The molecule has 2 aliphatic rings. The highest BCUT2D eigenvalue weighted by Gasteiger charge is 2.29. The van der Waals surface area contributed by atoms with Crippen LogP contribution in [-0.4, -0.2) is 70.1 Å². The molecule has 0 spiro atoms. The number of fused-ring (bicyclic) bond motifs is 2. The monoisotopic (exact) mass is 613 g/mol. The number of aromatic nitrogens is 2. The summed E-state index contributed by atoms with van der Waals surface area (Å²) in [4.78, 5) is 33.7. The van der Waals surface area contributed by atoms with Gasteiger partial charge in [0.05, 0.1) is 36.7 Å². The predicted octanol–water partition coefficient (Wildman–Crippen LogP) is 4.58. The third kappa shape index (κ3) is 7.32. The van der Waals surface area contributed by atoms with E-state index in [-0.39, 0.29) is 24.4 Å². The van der Waals surface area contributed by atoms with E-state index < -0.39 is 0 Å². The van der Waals surface area contributed by atoms with E-state index in [1.165, 1.54) is 11.8 Å². The largest absolute Gasteiger partial charge is 0.491 e. The number of ether oxygens (including phenoxy) is 2. The molecule has 6 rings (SSSR count). The fourth-order valence-electron chi connectivity index (χ4n) is 5.46. The van der Waals surface area contributed by atoms with Crippen molar-refractivity contribution in [3.8, 4) is 11.4 Å². The number of nitrogens with two attached hydrogens (primary N) is 1. The van der Waals surface area contributed by atoms with Crippen molar-refractivity contribution in [3.05, 3.63) is 94.4 Å². The number of hydrogen-bond acceptors (Lipinski definition) is 8. The van der Waals surface area contributed by atoms with Crippen LogP contribution in [0.15, 0.2) is 82.7 Å². The summed E-state index contributed by atoms with van der Waals surface area (Å²) in [5.41, 5.74) is 2.15. The van der Waals surface area contributed by atoms with E-state index in [1.54, 1.807) is 26.2 Å². The fraction of sp³-hybridized carbons (Fsp3) is 0.382. The maximum atomic E-state index is 13.8. The zero-order valence-corrected chi connectivity index (χ0v) is 25.7. The van der Waals surface area contributed by atoms with Crippen molar-refractivity contribution in [2.24, 2.45) is 5.84 Å². The summed E-state index contributed by atoms with van der Waals surface area (Å²) in [6, 6.07) is 23.9.